The van der Waals surface area contributed by atoms with Gasteiger partial charge in [0.1, 0.15) is 11.6 Å². The first kappa shape index (κ1) is 19.4. The average Bonchev–Trinajstić information content (AvgIpc) is 3.13. The van der Waals surface area contributed by atoms with Crippen molar-refractivity contribution >= 4 is 34.8 Å². The van der Waals surface area contributed by atoms with Gasteiger partial charge < -0.3 is 15.4 Å². The molecule has 2 N–H and O–H groups in total. The second kappa shape index (κ2) is 8.53. The maximum atomic E-state index is 13.1. The second-order valence-electron chi connectivity index (χ2n) is 5.80. The van der Waals surface area contributed by atoms with Crippen LogP contribution in [0.1, 0.15) is 17.4 Å². The van der Waals surface area contributed by atoms with Gasteiger partial charge in [0.05, 0.1) is 5.02 Å². The van der Waals surface area contributed by atoms with Gasteiger partial charge in [0.2, 0.25) is 5.91 Å². The molecule has 0 unspecified atom stereocenters. The molecule has 3 rings (SSSR count). The molecular formula is C19H16ClFN4O3. The van der Waals surface area contributed by atoms with Gasteiger partial charge in [0.15, 0.2) is 12.4 Å². The van der Waals surface area contributed by atoms with Crippen molar-refractivity contribution in [2.45, 2.75) is 13.7 Å². The highest BCUT2D eigenvalue weighted by molar-refractivity contribution is 6.30. The van der Waals surface area contributed by atoms with E-state index in [0.29, 0.717) is 17.1 Å². The first-order valence-electron chi connectivity index (χ1n) is 8.21. The Morgan fingerprint density at radius 1 is 1.11 bits per heavy atom. The molecule has 0 fully saturated rings. The summed E-state index contributed by atoms with van der Waals surface area (Å²) in [5.74, 6) is -0.715. The van der Waals surface area contributed by atoms with Crippen molar-refractivity contribution in [3.8, 4) is 5.75 Å². The third-order valence-electron chi connectivity index (χ3n) is 3.59. The van der Waals surface area contributed by atoms with E-state index in [-0.39, 0.29) is 23.4 Å². The highest BCUT2D eigenvalue weighted by Gasteiger charge is 2.10. The number of hydrogen-bond acceptors (Lipinski definition) is 4. The molecule has 0 saturated heterocycles. The predicted molar refractivity (Wildman–Crippen MR) is 103 cm³/mol. The van der Waals surface area contributed by atoms with Crippen LogP contribution in [0.4, 0.5) is 15.8 Å². The fourth-order valence-electron chi connectivity index (χ4n) is 2.30. The molecule has 7 nitrogen and oxygen atoms in total. The fraction of sp³-hybridized carbons (Fsp3) is 0.105. The van der Waals surface area contributed by atoms with Gasteiger partial charge in [-0.2, -0.15) is 5.10 Å². The van der Waals surface area contributed by atoms with Gasteiger partial charge in [-0.3, -0.25) is 9.59 Å². The SMILES string of the molecule is CC(=O)Nc1ccc(NC(=O)c2ccn(COc3ccc(F)c(Cl)c3)n2)cc1. The van der Waals surface area contributed by atoms with Crippen LogP contribution in [0.5, 0.6) is 5.75 Å². The van der Waals surface area contributed by atoms with E-state index in [0.717, 1.165) is 0 Å². The summed E-state index contributed by atoms with van der Waals surface area (Å²) in [5.41, 5.74) is 1.39. The number of rotatable bonds is 6. The van der Waals surface area contributed by atoms with Gasteiger partial charge in [-0.05, 0) is 42.5 Å². The predicted octanol–water partition coefficient (Wildman–Crippen LogP) is 3.92. The summed E-state index contributed by atoms with van der Waals surface area (Å²) in [7, 11) is 0. The van der Waals surface area contributed by atoms with Crippen LogP contribution in [-0.2, 0) is 11.5 Å². The Kier molecular flexibility index (Phi) is 5.90. The number of amides is 2. The molecule has 0 bridgehead atoms. The van der Waals surface area contributed by atoms with E-state index in [1.54, 1.807) is 36.5 Å². The zero-order chi connectivity index (χ0) is 20.1. The average molecular weight is 403 g/mol. The Morgan fingerprint density at radius 2 is 1.79 bits per heavy atom. The largest absolute Gasteiger partial charge is 0.471 e. The van der Waals surface area contributed by atoms with Gasteiger partial charge >= 0.3 is 0 Å². The van der Waals surface area contributed by atoms with Crippen LogP contribution < -0.4 is 15.4 Å². The van der Waals surface area contributed by atoms with Crippen LogP contribution >= 0.6 is 11.6 Å². The molecule has 2 amide bonds. The summed E-state index contributed by atoms with van der Waals surface area (Å²) in [6.07, 6.45) is 1.58. The lowest BCUT2D eigenvalue weighted by molar-refractivity contribution is -0.114. The summed E-state index contributed by atoms with van der Waals surface area (Å²) < 4.78 is 20.0. The Morgan fingerprint density at radius 3 is 2.43 bits per heavy atom. The van der Waals surface area contributed by atoms with E-state index in [9.17, 15) is 14.0 Å². The number of nitrogens with zero attached hydrogens (tertiary/aromatic N) is 2. The molecule has 0 radical (unpaired) electrons. The van der Waals surface area contributed by atoms with E-state index in [4.69, 9.17) is 16.3 Å². The Labute approximate surface area is 165 Å². The molecule has 28 heavy (non-hydrogen) atoms. The van der Waals surface area contributed by atoms with Gasteiger partial charge in [-0.15, -0.1) is 0 Å². The topological polar surface area (TPSA) is 85.2 Å². The molecule has 9 heteroatoms. The molecule has 0 aliphatic carbocycles. The van der Waals surface area contributed by atoms with Gasteiger partial charge in [-0.1, -0.05) is 11.6 Å². The highest BCUT2D eigenvalue weighted by Crippen LogP contribution is 2.21. The van der Waals surface area contributed by atoms with Crippen molar-refractivity contribution in [3.05, 3.63) is 71.3 Å². The normalized spacial score (nSPS) is 10.4. The third-order valence-corrected chi connectivity index (χ3v) is 3.88. The lowest BCUT2D eigenvalue weighted by Gasteiger charge is -2.07. The monoisotopic (exact) mass is 402 g/mol. The molecule has 0 atom stereocenters. The number of carbonyl (C=O) groups is 2. The molecular weight excluding hydrogens is 387 g/mol. The molecule has 2 aromatic carbocycles. The molecule has 3 aromatic rings. The summed E-state index contributed by atoms with van der Waals surface area (Å²) >= 11 is 5.70. The molecule has 1 aromatic heterocycles. The number of carbonyl (C=O) groups excluding carboxylic acids is 2. The van der Waals surface area contributed by atoms with Gasteiger partial charge in [0.25, 0.3) is 5.91 Å². The Balaban J connectivity index is 1.57. The van der Waals surface area contributed by atoms with Crippen molar-refractivity contribution in [2.24, 2.45) is 0 Å². The van der Waals surface area contributed by atoms with Crippen molar-refractivity contribution in [3.63, 3.8) is 0 Å². The lowest BCUT2D eigenvalue weighted by atomic mass is 10.2. The number of ether oxygens (including phenoxy) is 1. The quantitative estimate of drug-likeness (QED) is 0.654. The molecule has 0 saturated carbocycles. The molecule has 0 aliphatic heterocycles. The number of halogens is 2. The number of nitrogens with one attached hydrogen (secondary N) is 2. The molecule has 0 spiro atoms. The van der Waals surface area contributed by atoms with Crippen molar-refractivity contribution in [1.29, 1.82) is 0 Å². The first-order chi connectivity index (χ1) is 13.4. The van der Waals surface area contributed by atoms with E-state index in [1.165, 1.54) is 29.8 Å². The Hall–Kier alpha value is -3.39. The van der Waals surface area contributed by atoms with Gasteiger partial charge in [0, 0.05) is 30.6 Å². The van der Waals surface area contributed by atoms with Crippen LogP contribution in [0.15, 0.2) is 54.7 Å². The van der Waals surface area contributed by atoms with Crippen LogP contribution in [0.3, 0.4) is 0 Å². The second-order valence-corrected chi connectivity index (χ2v) is 6.21. The van der Waals surface area contributed by atoms with E-state index in [1.807, 2.05) is 0 Å². The zero-order valence-corrected chi connectivity index (χ0v) is 15.5. The summed E-state index contributed by atoms with van der Waals surface area (Å²) in [6.45, 7) is 1.45. The van der Waals surface area contributed by atoms with E-state index < -0.39 is 11.7 Å². The van der Waals surface area contributed by atoms with E-state index >= 15 is 0 Å². The number of hydrogen-bond donors (Lipinski definition) is 2. The standard InChI is InChI=1S/C19H16ClFN4O3/c1-12(26)22-13-2-4-14(5-3-13)23-19(27)18-8-9-25(24-18)11-28-15-6-7-17(21)16(20)10-15/h2-10H,11H2,1H3,(H,22,26)(H,23,27). The van der Waals surface area contributed by atoms with Crippen LogP contribution in [0.25, 0.3) is 0 Å². The fourth-order valence-corrected chi connectivity index (χ4v) is 2.47. The number of aromatic nitrogens is 2. The minimum atomic E-state index is -0.530. The Bertz CT molecular complexity index is 1000. The van der Waals surface area contributed by atoms with Crippen LogP contribution in [-0.4, -0.2) is 21.6 Å². The third kappa shape index (κ3) is 5.08. The highest BCUT2D eigenvalue weighted by atomic mass is 35.5. The number of anilines is 2. The minimum Gasteiger partial charge on any atom is -0.471 e. The smallest absolute Gasteiger partial charge is 0.276 e. The maximum Gasteiger partial charge on any atom is 0.276 e. The van der Waals surface area contributed by atoms with Crippen LogP contribution in [0.2, 0.25) is 5.02 Å². The zero-order valence-electron chi connectivity index (χ0n) is 14.8. The molecule has 0 aliphatic rings. The summed E-state index contributed by atoms with van der Waals surface area (Å²) in [6, 6.07) is 12.2. The first-order valence-corrected chi connectivity index (χ1v) is 8.59. The molecule has 1 heterocycles. The summed E-state index contributed by atoms with van der Waals surface area (Å²) in [4.78, 5) is 23.3. The van der Waals surface area contributed by atoms with Crippen molar-refractivity contribution in [1.82, 2.24) is 9.78 Å². The summed E-state index contributed by atoms with van der Waals surface area (Å²) in [5, 5.41) is 9.45. The van der Waals surface area contributed by atoms with Gasteiger partial charge in [-0.25, -0.2) is 9.07 Å². The van der Waals surface area contributed by atoms with Crippen molar-refractivity contribution in [2.75, 3.05) is 10.6 Å². The number of benzene rings is 2. The maximum absolute atomic E-state index is 13.1. The molecule has 144 valence electrons. The van der Waals surface area contributed by atoms with Crippen molar-refractivity contribution < 1.29 is 18.7 Å². The lowest BCUT2D eigenvalue weighted by Crippen LogP contribution is -2.14. The minimum absolute atomic E-state index is 0.0284. The van der Waals surface area contributed by atoms with Crippen LogP contribution in [0, 0.1) is 5.82 Å². The van der Waals surface area contributed by atoms with E-state index in [2.05, 4.69) is 15.7 Å².